The number of benzene rings is 1. The fraction of sp³-hybridized carbons (Fsp3) is 0.385. The molecule has 1 saturated carbocycles. The molecule has 0 aromatic heterocycles. The predicted octanol–water partition coefficient (Wildman–Crippen LogP) is 2.06. The van der Waals surface area contributed by atoms with Gasteiger partial charge in [-0.15, -0.1) is 0 Å². The summed E-state index contributed by atoms with van der Waals surface area (Å²) in [7, 11) is 0. The number of primary amides is 1. The largest absolute Gasteiger partial charge is 0.478 e. The van der Waals surface area contributed by atoms with Crippen LogP contribution in [0.5, 0.6) is 0 Å². The second-order valence-corrected chi connectivity index (χ2v) is 4.56. The summed E-state index contributed by atoms with van der Waals surface area (Å²) >= 11 is 0. The van der Waals surface area contributed by atoms with Gasteiger partial charge in [0.1, 0.15) is 0 Å². The van der Waals surface area contributed by atoms with Crippen LogP contribution in [0.1, 0.15) is 57.0 Å². The first kappa shape index (κ1) is 11.6. The highest BCUT2D eigenvalue weighted by Gasteiger charge is 2.24. The quantitative estimate of drug-likeness (QED) is 0.838. The van der Waals surface area contributed by atoms with Gasteiger partial charge in [-0.2, -0.15) is 0 Å². The molecular weight excluding hydrogens is 218 g/mol. The lowest BCUT2D eigenvalue weighted by Gasteiger charge is -2.26. The first-order valence-electron chi connectivity index (χ1n) is 5.68. The molecule has 0 unspecified atom stereocenters. The second kappa shape index (κ2) is 4.20. The van der Waals surface area contributed by atoms with Crippen molar-refractivity contribution in [3.63, 3.8) is 0 Å². The number of carbonyl (C=O) groups is 2. The van der Waals surface area contributed by atoms with Gasteiger partial charge in [-0.1, -0.05) is 12.5 Å². The maximum atomic E-state index is 11.3. The number of carboxylic acid groups (broad SMARTS) is 1. The topological polar surface area (TPSA) is 80.4 Å². The van der Waals surface area contributed by atoms with Crippen molar-refractivity contribution in [3.8, 4) is 0 Å². The van der Waals surface area contributed by atoms with E-state index in [1.54, 1.807) is 13.0 Å². The van der Waals surface area contributed by atoms with E-state index in [1.165, 1.54) is 6.42 Å². The van der Waals surface area contributed by atoms with Gasteiger partial charge >= 0.3 is 5.97 Å². The summed E-state index contributed by atoms with van der Waals surface area (Å²) in [6.07, 6.45) is 3.39. The third kappa shape index (κ3) is 2.02. The van der Waals surface area contributed by atoms with E-state index in [0.717, 1.165) is 18.4 Å². The normalized spacial score (nSPS) is 15.4. The number of aromatic carboxylic acids is 1. The first-order chi connectivity index (χ1) is 8.00. The smallest absolute Gasteiger partial charge is 0.336 e. The van der Waals surface area contributed by atoms with Crippen molar-refractivity contribution in [3.05, 3.63) is 34.4 Å². The van der Waals surface area contributed by atoms with Gasteiger partial charge in [-0.3, -0.25) is 4.79 Å². The number of carboxylic acids is 1. The van der Waals surface area contributed by atoms with Gasteiger partial charge in [0, 0.05) is 0 Å². The molecule has 1 amide bonds. The summed E-state index contributed by atoms with van der Waals surface area (Å²) in [5.41, 5.74) is 7.04. The van der Waals surface area contributed by atoms with Crippen LogP contribution in [0.2, 0.25) is 0 Å². The molecule has 1 aromatic carbocycles. The van der Waals surface area contributed by atoms with Gasteiger partial charge in [0.15, 0.2) is 0 Å². The number of hydrogen-bond acceptors (Lipinski definition) is 2. The van der Waals surface area contributed by atoms with Crippen molar-refractivity contribution in [2.24, 2.45) is 5.73 Å². The van der Waals surface area contributed by atoms with Crippen molar-refractivity contribution in [1.29, 1.82) is 0 Å². The van der Waals surface area contributed by atoms with Gasteiger partial charge in [-0.05, 0) is 42.9 Å². The van der Waals surface area contributed by atoms with Gasteiger partial charge < -0.3 is 10.8 Å². The Hall–Kier alpha value is -1.84. The maximum absolute atomic E-state index is 11.3. The van der Waals surface area contributed by atoms with E-state index in [2.05, 4.69) is 0 Å². The van der Waals surface area contributed by atoms with E-state index < -0.39 is 11.9 Å². The van der Waals surface area contributed by atoms with E-state index in [0.29, 0.717) is 11.5 Å². The molecule has 1 aliphatic carbocycles. The Morgan fingerprint density at radius 1 is 1.35 bits per heavy atom. The molecule has 1 aliphatic rings. The minimum atomic E-state index is -1.10. The summed E-state index contributed by atoms with van der Waals surface area (Å²) in [6.45, 7) is 1.71. The van der Waals surface area contributed by atoms with Crippen LogP contribution >= 0.6 is 0 Å². The molecule has 0 heterocycles. The molecule has 2 rings (SSSR count). The average molecular weight is 233 g/mol. The van der Waals surface area contributed by atoms with Crippen LogP contribution in [0.3, 0.4) is 0 Å². The standard InChI is InChI=1S/C13H15NO3/c1-7-5-9(8-3-2-4-8)6-10(12(14)15)11(7)13(16)17/h5-6,8H,2-4H2,1H3,(H2,14,15)(H,16,17). The molecule has 0 bridgehead atoms. The van der Waals surface area contributed by atoms with Crippen LogP contribution < -0.4 is 5.73 Å². The van der Waals surface area contributed by atoms with Crippen LogP contribution in [0.4, 0.5) is 0 Å². The minimum absolute atomic E-state index is 0.0283. The summed E-state index contributed by atoms with van der Waals surface area (Å²) in [6, 6.07) is 3.50. The SMILES string of the molecule is Cc1cc(C2CCC2)cc(C(N)=O)c1C(=O)O. The second-order valence-electron chi connectivity index (χ2n) is 4.56. The summed E-state index contributed by atoms with van der Waals surface area (Å²) in [5.74, 6) is -1.32. The molecule has 0 aliphatic heterocycles. The predicted molar refractivity (Wildman–Crippen MR) is 63.2 cm³/mol. The number of hydrogen-bond donors (Lipinski definition) is 2. The Morgan fingerprint density at radius 2 is 2.00 bits per heavy atom. The molecule has 4 heteroatoms. The van der Waals surface area contributed by atoms with Gasteiger partial charge in [0.2, 0.25) is 5.91 Å². The van der Waals surface area contributed by atoms with Crippen molar-refractivity contribution >= 4 is 11.9 Å². The Morgan fingerprint density at radius 3 is 2.41 bits per heavy atom. The molecule has 3 N–H and O–H groups in total. The highest BCUT2D eigenvalue weighted by atomic mass is 16.4. The van der Waals surface area contributed by atoms with Crippen LogP contribution in [0.15, 0.2) is 12.1 Å². The molecule has 17 heavy (non-hydrogen) atoms. The fourth-order valence-electron chi connectivity index (χ4n) is 2.27. The molecule has 0 atom stereocenters. The van der Waals surface area contributed by atoms with E-state index in [4.69, 9.17) is 10.8 Å². The van der Waals surface area contributed by atoms with E-state index in [-0.39, 0.29) is 11.1 Å². The van der Waals surface area contributed by atoms with Gasteiger partial charge in [0.25, 0.3) is 0 Å². The lowest BCUT2D eigenvalue weighted by Crippen LogP contribution is -2.19. The van der Waals surface area contributed by atoms with Crippen molar-refractivity contribution in [1.82, 2.24) is 0 Å². The molecule has 0 spiro atoms. The number of nitrogens with two attached hydrogens (primary N) is 1. The van der Waals surface area contributed by atoms with Crippen LogP contribution in [0, 0.1) is 6.92 Å². The molecule has 0 radical (unpaired) electrons. The first-order valence-corrected chi connectivity index (χ1v) is 5.68. The molecule has 1 fully saturated rings. The van der Waals surface area contributed by atoms with Crippen molar-refractivity contribution in [2.45, 2.75) is 32.1 Å². The third-order valence-corrected chi connectivity index (χ3v) is 3.41. The van der Waals surface area contributed by atoms with E-state index in [9.17, 15) is 9.59 Å². The van der Waals surface area contributed by atoms with E-state index >= 15 is 0 Å². The van der Waals surface area contributed by atoms with Crippen molar-refractivity contribution in [2.75, 3.05) is 0 Å². The molecule has 0 saturated heterocycles. The number of rotatable bonds is 3. The average Bonchev–Trinajstić information content (AvgIpc) is 2.12. The lowest BCUT2D eigenvalue weighted by atomic mass is 9.78. The summed E-state index contributed by atoms with van der Waals surface area (Å²) < 4.78 is 0. The Balaban J connectivity index is 2.54. The third-order valence-electron chi connectivity index (χ3n) is 3.41. The van der Waals surface area contributed by atoms with E-state index in [1.807, 2.05) is 6.07 Å². The number of aryl methyl sites for hydroxylation is 1. The zero-order chi connectivity index (χ0) is 12.6. The Bertz CT molecular complexity index is 490. The molecule has 4 nitrogen and oxygen atoms in total. The van der Waals surface area contributed by atoms with Crippen LogP contribution in [-0.4, -0.2) is 17.0 Å². The van der Waals surface area contributed by atoms with Crippen LogP contribution in [-0.2, 0) is 0 Å². The highest BCUT2D eigenvalue weighted by Crippen LogP contribution is 2.37. The van der Waals surface area contributed by atoms with Gasteiger partial charge in [-0.25, -0.2) is 4.79 Å². The molecule has 90 valence electrons. The van der Waals surface area contributed by atoms with Gasteiger partial charge in [0.05, 0.1) is 11.1 Å². The number of amides is 1. The molecule has 1 aromatic rings. The Labute approximate surface area is 99.4 Å². The summed E-state index contributed by atoms with van der Waals surface area (Å²) in [5, 5.41) is 9.09. The van der Waals surface area contributed by atoms with Crippen LogP contribution in [0.25, 0.3) is 0 Å². The maximum Gasteiger partial charge on any atom is 0.336 e. The highest BCUT2D eigenvalue weighted by molar-refractivity contribution is 6.05. The molecular formula is C13H15NO3. The lowest BCUT2D eigenvalue weighted by molar-refractivity contribution is 0.0691. The fourth-order valence-corrected chi connectivity index (χ4v) is 2.27. The van der Waals surface area contributed by atoms with Crippen molar-refractivity contribution < 1.29 is 14.7 Å². The Kier molecular flexibility index (Phi) is 2.88. The summed E-state index contributed by atoms with van der Waals surface area (Å²) in [4.78, 5) is 22.4. The zero-order valence-corrected chi connectivity index (χ0v) is 9.69. The number of carbonyl (C=O) groups excluding carboxylic acids is 1. The minimum Gasteiger partial charge on any atom is -0.478 e. The monoisotopic (exact) mass is 233 g/mol. The zero-order valence-electron chi connectivity index (χ0n) is 9.69.